The van der Waals surface area contributed by atoms with Crippen molar-refractivity contribution in [2.24, 2.45) is 0 Å². The minimum Gasteiger partial charge on any atom is -0.159 e. The van der Waals surface area contributed by atoms with Crippen LogP contribution >= 0.6 is 35.0 Å². The second-order valence-corrected chi connectivity index (χ2v) is 16.2. The Morgan fingerprint density at radius 1 is 0.302 bits per heavy atom. The van der Waals surface area contributed by atoms with E-state index in [1.807, 2.05) is 11.8 Å². The fraction of sp³-hybridized carbons (Fsp3) is 1.00. The van der Waals surface area contributed by atoms with Gasteiger partial charge in [0.15, 0.2) is 0 Å². The number of unbranched alkanes of at least 4 members (excludes halogenated alkanes) is 30. The molecule has 0 saturated carbocycles. The van der Waals surface area contributed by atoms with Crippen LogP contribution in [0.5, 0.6) is 0 Å². The lowest BCUT2D eigenvalue weighted by molar-refractivity contribution is 0.527. The van der Waals surface area contributed by atoms with Crippen molar-refractivity contribution < 1.29 is 0 Å². The van der Waals surface area contributed by atoms with Crippen LogP contribution in [0.25, 0.3) is 0 Å². The van der Waals surface area contributed by atoms with Gasteiger partial charge in [-0.1, -0.05) is 219 Å². The minimum atomic E-state index is 0.330. The zero-order chi connectivity index (χ0) is 31.3. The fourth-order valence-corrected chi connectivity index (χ4v) is 8.14. The molecule has 43 heavy (non-hydrogen) atoms. The van der Waals surface area contributed by atoms with Gasteiger partial charge < -0.3 is 0 Å². The minimum absolute atomic E-state index is 0.330. The molecule has 0 aromatic carbocycles. The lowest BCUT2D eigenvalue weighted by atomic mass is 10.0. The molecule has 0 aliphatic rings. The molecule has 0 bridgehead atoms. The Morgan fingerprint density at radius 3 is 0.698 bits per heavy atom. The van der Waals surface area contributed by atoms with Crippen LogP contribution in [-0.4, -0.2) is 22.3 Å². The summed E-state index contributed by atoms with van der Waals surface area (Å²) in [6.07, 6.45) is 48.1. The Labute approximate surface area is 288 Å². The number of rotatable bonds is 38. The molecule has 2 atom stereocenters. The van der Waals surface area contributed by atoms with Crippen LogP contribution in [0.3, 0.4) is 0 Å². The molecular formula is C40H80Cl2S. The first-order valence-corrected chi connectivity index (χ1v) is 22.1. The van der Waals surface area contributed by atoms with Crippen LogP contribution in [0, 0.1) is 0 Å². The van der Waals surface area contributed by atoms with E-state index in [4.69, 9.17) is 23.2 Å². The van der Waals surface area contributed by atoms with Gasteiger partial charge in [-0.05, 0) is 12.8 Å². The maximum Gasteiger partial charge on any atom is 0.0426 e. The van der Waals surface area contributed by atoms with Gasteiger partial charge in [-0.15, -0.1) is 23.2 Å². The third kappa shape index (κ3) is 39.0. The first-order chi connectivity index (χ1) is 21.2. The summed E-state index contributed by atoms with van der Waals surface area (Å²) in [5.41, 5.74) is 0. The number of halogens is 2. The van der Waals surface area contributed by atoms with Crippen LogP contribution in [0.2, 0.25) is 0 Å². The van der Waals surface area contributed by atoms with Gasteiger partial charge in [-0.3, -0.25) is 0 Å². The molecule has 0 heterocycles. The molecule has 0 spiro atoms. The van der Waals surface area contributed by atoms with E-state index < -0.39 is 0 Å². The number of alkyl halides is 2. The predicted molar refractivity (Wildman–Crippen MR) is 205 cm³/mol. The summed E-state index contributed by atoms with van der Waals surface area (Å²) < 4.78 is 0. The van der Waals surface area contributed by atoms with Crippen LogP contribution in [-0.2, 0) is 0 Å². The molecule has 0 nitrogen and oxygen atoms in total. The van der Waals surface area contributed by atoms with Gasteiger partial charge in [0.05, 0.1) is 0 Å². The van der Waals surface area contributed by atoms with Gasteiger partial charge in [0.25, 0.3) is 0 Å². The van der Waals surface area contributed by atoms with Gasteiger partial charge >= 0.3 is 0 Å². The van der Waals surface area contributed by atoms with Crippen molar-refractivity contribution in [3.63, 3.8) is 0 Å². The van der Waals surface area contributed by atoms with Gasteiger partial charge in [0, 0.05) is 22.3 Å². The standard InChI is InChI=1S/C40H80Cl2S/c1-3-5-7-9-11-13-15-17-19-21-23-25-27-29-31-33-35-39(41)37-43-38-40(42)36-34-32-30-28-26-24-22-20-18-16-14-12-10-8-6-4-2/h39-40H,3-38H2,1-2H3. The topological polar surface area (TPSA) is 0 Å². The molecule has 0 N–H and O–H groups in total. The molecule has 0 saturated heterocycles. The molecule has 0 amide bonds. The molecule has 0 radical (unpaired) electrons. The third-order valence-electron chi connectivity index (χ3n) is 9.34. The summed E-state index contributed by atoms with van der Waals surface area (Å²) in [7, 11) is 0. The lowest BCUT2D eigenvalue weighted by Gasteiger charge is -2.12. The van der Waals surface area contributed by atoms with Gasteiger partial charge in [-0.2, -0.15) is 11.8 Å². The van der Waals surface area contributed by atoms with Gasteiger partial charge in [-0.25, -0.2) is 0 Å². The van der Waals surface area contributed by atoms with Crippen molar-refractivity contribution >= 4 is 35.0 Å². The Bertz CT molecular complexity index is 443. The molecule has 2 unspecified atom stereocenters. The van der Waals surface area contributed by atoms with Crippen molar-refractivity contribution in [3.05, 3.63) is 0 Å². The first-order valence-electron chi connectivity index (χ1n) is 20.1. The van der Waals surface area contributed by atoms with E-state index in [9.17, 15) is 0 Å². The average Bonchev–Trinajstić information content (AvgIpc) is 3.00. The summed E-state index contributed by atoms with van der Waals surface area (Å²) in [5.74, 6) is 2.14. The highest BCUT2D eigenvalue weighted by atomic mass is 35.5. The summed E-state index contributed by atoms with van der Waals surface area (Å²) in [6.45, 7) is 4.60. The monoisotopic (exact) mass is 663 g/mol. The Morgan fingerprint density at radius 2 is 0.488 bits per heavy atom. The predicted octanol–water partition coefficient (Wildman–Crippen LogP) is 16.2. The Balaban J connectivity index is 3.25. The summed E-state index contributed by atoms with van der Waals surface area (Å²) in [5, 5.41) is 0.659. The van der Waals surface area contributed by atoms with Gasteiger partial charge in [0.2, 0.25) is 0 Å². The van der Waals surface area contributed by atoms with E-state index in [2.05, 4.69) is 13.8 Å². The third-order valence-corrected chi connectivity index (χ3v) is 11.7. The normalized spacial score (nSPS) is 13.1. The van der Waals surface area contributed by atoms with Crippen molar-refractivity contribution in [2.45, 2.75) is 243 Å². The van der Waals surface area contributed by atoms with Crippen LogP contribution in [0.15, 0.2) is 0 Å². The highest BCUT2D eigenvalue weighted by molar-refractivity contribution is 7.99. The van der Waals surface area contributed by atoms with Crippen LogP contribution in [0.1, 0.15) is 232 Å². The second-order valence-electron chi connectivity index (χ2n) is 13.9. The van der Waals surface area contributed by atoms with E-state index in [1.165, 1.54) is 218 Å². The quantitative estimate of drug-likeness (QED) is 0.0468. The number of hydrogen-bond acceptors (Lipinski definition) is 1. The fourth-order valence-electron chi connectivity index (χ4n) is 6.32. The number of thioether (sulfide) groups is 1. The zero-order valence-corrected chi connectivity index (χ0v) is 32.1. The van der Waals surface area contributed by atoms with Crippen molar-refractivity contribution in [1.29, 1.82) is 0 Å². The van der Waals surface area contributed by atoms with Gasteiger partial charge in [0.1, 0.15) is 0 Å². The van der Waals surface area contributed by atoms with E-state index in [0.717, 1.165) is 11.5 Å². The van der Waals surface area contributed by atoms with E-state index in [1.54, 1.807) is 0 Å². The molecule has 0 aliphatic carbocycles. The SMILES string of the molecule is CCCCCCCCCCCCCCCCCCC(Cl)CSCC(Cl)CCCCCCCCCCCCCCCCCC. The summed E-state index contributed by atoms with van der Waals surface area (Å²) in [6, 6.07) is 0. The Kier molecular flexibility index (Phi) is 40.0. The zero-order valence-electron chi connectivity index (χ0n) is 29.8. The Hall–Kier alpha value is 0.930. The highest BCUT2D eigenvalue weighted by Gasteiger charge is 2.09. The molecule has 0 aromatic heterocycles. The van der Waals surface area contributed by atoms with E-state index in [-0.39, 0.29) is 0 Å². The summed E-state index contributed by atoms with van der Waals surface area (Å²) >= 11 is 15.2. The largest absolute Gasteiger partial charge is 0.159 e. The maximum absolute atomic E-state index is 6.62. The maximum atomic E-state index is 6.62. The van der Waals surface area contributed by atoms with E-state index >= 15 is 0 Å². The smallest absolute Gasteiger partial charge is 0.0426 e. The summed E-state index contributed by atoms with van der Waals surface area (Å²) in [4.78, 5) is 0. The molecule has 0 rings (SSSR count). The van der Waals surface area contributed by atoms with Crippen LogP contribution < -0.4 is 0 Å². The van der Waals surface area contributed by atoms with E-state index in [0.29, 0.717) is 10.8 Å². The van der Waals surface area contributed by atoms with Crippen molar-refractivity contribution in [2.75, 3.05) is 11.5 Å². The molecule has 260 valence electrons. The molecule has 0 aromatic rings. The molecule has 3 heteroatoms. The van der Waals surface area contributed by atoms with Crippen molar-refractivity contribution in [1.82, 2.24) is 0 Å². The lowest BCUT2D eigenvalue weighted by Crippen LogP contribution is -2.07. The second kappa shape index (κ2) is 39.1. The van der Waals surface area contributed by atoms with Crippen LogP contribution in [0.4, 0.5) is 0 Å². The molecule has 0 fully saturated rings. The number of hydrogen-bond donors (Lipinski definition) is 0. The van der Waals surface area contributed by atoms with Crippen molar-refractivity contribution in [3.8, 4) is 0 Å². The molecule has 0 aliphatic heterocycles. The molecular weight excluding hydrogens is 583 g/mol. The first kappa shape index (κ1) is 43.9. The average molecular weight is 664 g/mol. The highest BCUT2D eigenvalue weighted by Crippen LogP contribution is 2.21.